The second-order valence-corrected chi connectivity index (χ2v) is 6.34. The van der Waals surface area contributed by atoms with Crippen molar-refractivity contribution in [3.8, 4) is 0 Å². The lowest BCUT2D eigenvalue weighted by molar-refractivity contribution is 0.0931. The van der Waals surface area contributed by atoms with Gasteiger partial charge in [-0.15, -0.1) is 10.2 Å². The summed E-state index contributed by atoms with van der Waals surface area (Å²) < 4.78 is 4.91. The lowest BCUT2D eigenvalue weighted by Gasteiger charge is -2.36. The quantitative estimate of drug-likeness (QED) is 0.792. The summed E-state index contributed by atoms with van der Waals surface area (Å²) in [6.45, 7) is 6.67. The van der Waals surface area contributed by atoms with Crippen LogP contribution in [0, 0.1) is 6.92 Å². The number of benzene rings is 1. The van der Waals surface area contributed by atoms with Crippen molar-refractivity contribution in [3.63, 3.8) is 0 Å². The van der Waals surface area contributed by atoms with E-state index in [0.29, 0.717) is 18.8 Å². The van der Waals surface area contributed by atoms with Gasteiger partial charge in [-0.05, 0) is 36.8 Å². The van der Waals surface area contributed by atoms with E-state index in [2.05, 4.69) is 56.5 Å². The summed E-state index contributed by atoms with van der Waals surface area (Å²) in [4.78, 5) is 16.5. The lowest BCUT2D eigenvalue weighted by Crippen LogP contribution is -2.47. The average Bonchev–Trinajstić information content (AvgIpc) is 2.68. The standard InChI is InChI=1S/C19H25N5O2/c1-15-4-3-5-16(14-15)23-9-11-24(12-10-23)18-7-6-17(21-22-18)19(25)20-8-13-26-2/h3-7,14H,8-13H2,1-2H3,(H,20,25). The number of hydrogen-bond acceptors (Lipinski definition) is 6. The van der Waals surface area contributed by atoms with Gasteiger partial charge in [0.25, 0.3) is 5.91 Å². The lowest BCUT2D eigenvalue weighted by atomic mass is 10.2. The van der Waals surface area contributed by atoms with Crippen LogP contribution in [0.4, 0.5) is 11.5 Å². The Kier molecular flexibility index (Phi) is 6.01. The van der Waals surface area contributed by atoms with Crippen molar-refractivity contribution in [3.05, 3.63) is 47.7 Å². The molecular formula is C19H25N5O2. The third-order valence-corrected chi connectivity index (χ3v) is 4.45. The van der Waals surface area contributed by atoms with E-state index in [1.165, 1.54) is 11.3 Å². The van der Waals surface area contributed by atoms with E-state index in [4.69, 9.17) is 4.74 Å². The first-order chi connectivity index (χ1) is 12.7. The Bertz CT molecular complexity index is 727. The van der Waals surface area contributed by atoms with Crippen LogP contribution in [0.25, 0.3) is 0 Å². The largest absolute Gasteiger partial charge is 0.383 e. The van der Waals surface area contributed by atoms with Crippen LogP contribution in [0.15, 0.2) is 36.4 Å². The molecule has 0 saturated carbocycles. The molecule has 1 saturated heterocycles. The van der Waals surface area contributed by atoms with E-state index in [0.717, 1.165) is 32.0 Å². The van der Waals surface area contributed by atoms with Crippen LogP contribution in [-0.4, -0.2) is 62.5 Å². The highest BCUT2D eigenvalue weighted by Crippen LogP contribution is 2.20. The number of carbonyl (C=O) groups is 1. The van der Waals surface area contributed by atoms with Crippen LogP contribution < -0.4 is 15.1 Å². The number of methoxy groups -OCH3 is 1. The fourth-order valence-corrected chi connectivity index (χ4v) is 2.99. The Balaban J connectivity index is 1.55. The Hall–Kier alpha value is -2.67. The number of nitrogens with zero attached hydrogens (tertiary/aromatic N) is 4. The van der Waals surface area contributed by atoms with Crippen molar-refractivity contribution < 1.29 is 9.53 Å². The van der Waals surface area contributed by atoms with E-state index in [9.17, 15) is 4.79 Å². The van der Waals surface area contributed by atoms with Crippen LogP contribution in [0.1, 0.15) is 16.1 Å². The molecule has 1 fully saturated rings. The Morgan fingerprint density at radius 3 is 2.54 bits per heavy atom. The van der Waals surface area contributed by atoms with E-state index in [-0.39, 0.29) is 5.91 Å². The second-order valence-electron chi connectivity index (χ2n) is 6.34. The number of ether oxygens (including phenoxy) is 1. The smallest absolute Gasteiger partial charge is 0.271 e. The summed E-state index contributed by atoms with van der Waals surface area (Å²) in [5.74, 6) is 0.577. The van der Waals surface area contributed by atoms with E-state index < -0.39 is 0 Å². The van der Waals surface area contributed by atoms with Gasteiger partial charge in [0.2, 0.25) is 0 Å². The van der Waals surface area contributed by atoms with Crippen LogP contribution in [0.2, 0.25) is 0 Å². The average molecular weight is 355 g/mol. The molecule has 138 valence electrons. The van der Waals surface area contributed by atoms with Crippen molar-refractivity contribution in [2.75, 3.05) is 56.2 Å². The van der Waals surface area contributed by atoms with Crippen molar-refractivity contribution in [2.24, 2.45) is 0 Å². The van der Waals surface area contributed by atoms with Gasteiger partial charge >= 0.3 is 0 Å². The van der Waals surface area contributed by atoms with Gasteiger partial charge in [0.1, 0.15) is 0 Å². The zero-order chi connectivity index (χ0) is 18.4. The summed E-state index contributed by atoms with van der Waals surface area (Å²) in [7, 11) is 1.60. The fraction of sp³-hybridized carbons (Fsp3) is 0.421. The predicted molar refractivity (Wildman–Crippen MR) is 102 cm³/mol. The van der Waals surface area contributed by atoms with Gasteiger partial charge < -0.3 is 19.9 Å². The highest BCUT2D eigenvalue weighted by molar-refractivity contribution is 5.92. The van der Waals surface area contributed by atoms with Gasteiger partial charge in [-0.25, -0.2) is 0 Å². The highest BCUT2D eigenvalue weighted by Gasteiger charge is 2.19. The molecule has 1 aliphatic rings. The first-order valence-electron chi connectivity index (χ1n) is 8.85. The van der Waals surface area contributed by atoms with Gasteiger partial charge in [0.15, 0.2) is 11.5 Å². The summed E-state index contributed by atoms with van der Waals surface area (Å²) in [6, 6.07) is 12.2. The molecule has 0 radical (unpaired) electrons. The number of piperazine rings is 1. The number of amides is 1. The molecule has 2 heterocycles. The third kappa shape index (κ3) is 4.49. The van der Waals surface area contributed by atoms with E-state index >= 15 is 0 Å². The summed E-state index contributed by atoms with van der Waals surface area (Å²) in [5.41, 5.74) is 2.86. The number of rotatable bonds is 6. The number of hydrogen-bond donors (Lipinski definition) is 1. The van der Waals surface area contributed by atoms with E-state index in [1.54, 1.807) is 13.2 Å². The topological polar surface area (TPSA) is 70.6 Å². The molecule has 1 aromatic heterocycles. The molecule has 26 heavy (non-hydrogen) atoms. The Labute approximate surface area is 154 Å². The van der Waals surface area contributed by atoms with Crippen molar-refractivity contribution in [2.45, 2.75) is 6.92 Å². The number of aromatic nitrogens is 2. The predicted octanol–water partition coefficient (Wildman–Crippen LogP) is 1.49. The van der Waals surface area contributed by atoms with Crippen LogP contribution in [-0.2, 0) is 4.74 Å². The van der Waals surface area contributed by atoms with E-state index in [1.807, 2.05) is 6.07 Å². The van der Waals surface area contributed by atoms with Gasteiger partial charge in [-0.2, -0.15) is 0 Å². The first kappa shape index (κ1) is 18.1. The van der Waals surface area contributed by atoms with Gasteiger partial charge in [0.05, 0.1) is 6.61 Å². The number of nitrogens with one attached hydrogen (secondary N) is 1. The maximum atomic E-state index is 11.9. The maximum Gasteiger partial charge on any atom is 0.271 e. The first-order valence-corrected chi connectivity index (χ1v) is 8.85. The molecule has 2 aromatic rings. The molecule has 0 atom stereocenters. The van der Waals surface area contributed by atoms with Crippen molar-refractivity contribution >= 4 is 17.4 Å². The molecule has 1 N–H and O–H groups in total. The second kappa shape index (κ2) is 8.62. The third-order valence-electron chi connectivity index (χ3n) is 4.45. The molecule has 0 unspecified atom stereocenters. The Morgan fingerprint density at radius 1 is 1.12 bits per heavy atom. The summed E-state index contributed by atoms with van der Waals surface area (Å²) in [6.07, 6.45) is 0. The van der Waals surface area contributed by atoms with Crippen molar-refractivity contribution in [1.29, 1.82) is 0 Å². The molecule has 3 rings (SSSR count). The van der Waals surface area contributed by atoms with Gasteiger partial charge in [-0.1, -0.05) is 12.1 Å². The highest BCUT2D eigenvalue weighted by atomic mass is 16.5. The number of carbonyl (C=O) groups excluding carboxylic acids is 1. The zero-order valence-electron chi connectivity index (χ0n) is 15.3. The summed E-state index contributed by atoms with van der Waals surface area (Å²) >= 11 is 0. The SMILES string of the molecule is COCCNC(=O)c1ccc(N2CCN(c3cccc(C)c3)CC2)nn1. The van der Waals surface area contributed by atoms with Crippen LogP contribution >= 0.6 is 0 Å². The molecule has 1 aromatic carbocycles. The minimum Gasteiger partial charge on any atom is -0.383 e. The molecule has 7 heteroatoms. The normalized spacial score (nSPS) is 14.4. The van der Waals surface area contributed by atoms with Gasteiger partial charge in [0, 0.05) is 45.5 Å². The number of anilines is 2. The van der Waals surface area contributed by atoms with Crippen LogP contribution in [0.5, 0.6) is 0 Å². The maximum absolute atomic E-state index is 11.9. The molecular weight excluding hydrogens is 330 g/mol. The zero-order valence-corrected chi connectivity index (χ0v) is 15.3. The minimum absolute atomic E-state index is 0.231. The molecule has 1 aliphatic heterocycles. The monoisotopic (exact) mass is 355 g/mol. The minimum atomic E-state index is -0.231. The molecule has 7 nitrogen and oxygen atoms in total. The Morgan fingerprint density at radius 2 is 1.88 bits per heavy atom. The summed E-state index contributed by atoms with van der Waals surface area (Å²) in [5, 5.41) is 11.0. The van der Waals surface area contributed by atoms with Crippen molar-refractivity contribution in [1.82, 2.24) is 15.5 Å². The van der Waals surface area contributed by atoms with Crippen LogP contribution in [0.3, 0.4) is 0 Å². The molecule has 1 amide bonds. The van der Waals surface area contributed by atoms with Gasteiger partial charge in [-0.3, -0.25) is 4.79 Å². The molecule has 0 spiro atoms. The number of aryl methyl sites for hydroxylation is 1. The molecule has 0 bridgehead atoms. The fourth-order valence-electron chi connectivity index (χ4n) is 2.99. The molecule has 0 aliphatic carbocycles.